The zero-order chi connectivity index (χ0) is 17.5. The summed E-state index contributed by atoms with van der Waals surface area (Å²) in [6.07, 6.45) is 0. The van der Waals surface area contributed by atoms with Crippen molar-refractivity contribution in [1.29, 1.82) is 0 Å². The number of benzene rings is 2. The molecule has 8 heteroatoms. The van der Waals surface area contributed by atoms with E-state index < -0.39 is 21.6 Å². The van der Waals surface area contributed by atoms with E-state index in [1.165, 1.54) is 18.2 Å². The lowest BCUT2D eigenvalue weighted by Gasteiger charge is -2.06. The Morgan fingerprint density at radius 1 is 1.08 bits per heavy atom. The van der Waals surface area contributed by atoms with E-state index in [1.807, 2.05) is 0 Å². The first kappa shape index (κ1) is 17.2. The molecule has 0 unspecified atom stereocenters. The number of sulfone groups is 1. The van der Waals surface area contributed by atoms with Crippen LogP contribution >= 0.6 is 34.5 Å². The molecule has 1 heterocycles. The second-order valence-electron chi connectivity index (χ2n) is 5.07. The Bertz CT molecular complexity index is 1030. The first-order valence-electron chi connectivity index (χ1n) is 6.70. The normalized spacial score (nSPS) is 11.8. The summed E-state index contributed by atoms with van der Waals surface area (Å²) in [7, 11) is -3.78. The number of hydrogen-bond donors (Lipinski definition) is 1. The number of carboxylic acids is 1. The van der Waals surface area contributed by atoms with Crippen LogP contribution in [0.3, 0.4) is 0 Å². The van der Waals surface area contributed by atoms with Crippen LogP contribution in [0, 0.1) is 0 Å². The number of thiophene rings is 1. The van der Waals surface area contributed by atoms with E-state index in [4.69, 9.17) is 23.2 Å². The molecule has 0 atom stereocenters. The molecule has 124 valence electrons. The number of carbonyl (C=O) groups is 1. The second kappa shape index (κ2) is 6.37. The minimum atomic E-state index is -3.78. The van der Waals surface area contributed by atoms with Crippen LogP contribution in [0.15, 0.2) is 47.4 Å². The molecule has 0 aliphatic rings. The van der Waals surface area contributed by atoms with Crippen LogP contribution < -0.4 is 0 Å². The molecule has 3 aromatic rings. The minimum absolute atomic E-state index is 0.0206. The fourth-order valence-corrected chi connectivity index (χ4v) is 6.01. The van der Waals surface area contributed by atoms with E-state index in [2.05, 4.69) is 0 Å². The zero-order valence-electron chi connectivity index (χ0n) is 12.0. The zero-order valence-corrected chi connectivity index (χ0v) is 15.1. The highest BCUT2D eigenvalue weighted by Crippen LogP contribution is 2.34. The molecule has 0 radical (unpaired) electrons. The summed E-state index contributed by atoms with van der Waals surface area (Å²) in [5, 5.41) is 10.4. The summed E-state index contributed by atoms with van der Waals surface area (Å²) in [5.74, 6) is -1.58. The number of hydrogen-bond acceptors (Lipinski definition) is 4. The van der Waals surface area contributed by atoms with Gasteiger partial charge < -0.3 is 5.11 Å². The van der Waals surface area contributed by atoms with Crippen LogP contribution in [0.5, 0.6) is 0 Å². The van der Waals surface area contributed by atoms with Gasteiger partial charge in [-0.3, -0.25) is 0 Å². The van der Waals surface area contributed by atoms with E-state index in [0.29, 0.717) is 5.39 Å². The van der Waals surface area contributed by atoms with Crippen LogP contribution in [0.2, 0.25) is 10.0 Å². The molecule has 24 heavy (non-hydrogen) atoms. The summed E-state index contributed by atoms with van der Waals surface area (Å²) in [5.41, 5.74) is 0.0206. The quantitative estimate of drug-likeness (QED) is 0.677. The van der Waals surface area contributed by atoms with E-state index in [0.717, 1.165) is 16.0 Å². The number of rotatable bonds is 4. The highest BCUT2D eigenvalue weighted by Gasteiger charge is 2.24. The van der Waals surface area contributed by atoms with Gasteiger partial charge in [0.25, 0.3) is 0 Å². The van der Waals surface area contributed by atoms with Crippen molar-refractivity contribution in [3.05, 3.63) is 63.0 Å². The summed E-state index contributed by atoms with van der Waals surface area (Å²) in [6.45, 7) is 0. The van der Waals surface area contributed by atoms with Crippen molar-refractivity contribution in [2.45, 2.75) is 10.6 Å². The molecule has 2 aromatic carbocycles. The Labute approximate surface area is 152 Å². The summed E-state index contributed by atoms with van der Waals surface area (Å²) in [4.78, 5) is 11.8. The lowest BCUT2D eigenvalue weighted by atomic mass is 10.1. The first-order valence-corrected chi connectivity index (χ1v) is 9.93. The monoisotopic (exact) mass is 400 g/mol. The van der Waals surface area contributed by atoms with E-state index >= 15 is 0 Å². The Balaban J connectivity index is 2.12. The van der Waals surface area contributed by atoms with Crippen LogP contribution in [-0.4, -0.2) is 19.5 Å². The topological polar surface area (TPSA) is 71.4 Å². The predicted molar refractivity (Wildman–Crippen MR) is 96.1 cm³/mol. The standard InChI is InChI=1S/C16H10Cl2O4S2/c17-9-5-10(18)7-11(6-9)24(21,22)8-14-15(16(19)20)12-3-1-2-4-13(12)23-14/h1-7H,8H2,(H,19,20). The van der Waals surface area contributed by atoms with Gasteiger partial charge in [0.1, 0.15) is 0 Å². The lowest BCUT2D eigenvalue weighted by molar-refractivity contribution is 0.0699. The predicted octanol–water partition coefficient (Wildman–Crippen LogP) is 4.88. The summed E-state index contributed by atoms with van der Waals surface area (Å²) >= 11 is 12.9. The molecule has 4 nitrogen and oxygen atoms in total. The SMILES string of the molecule is O=C(O)c1c(CS(=O)(=O)c2cc(Cl)cc(Cl)c2)sc2ccccc12. The second-order valence-corrected chi connectivity index (χ2v) is 9.06. The summed E-state index contributed by atoms with van der Waals surface area (Å²) in [6, 6.07) is 11.0. The molecule has 3 rings (SSSR count). The van der Waals surface area contributed by atoms with Gasteiger partial charge in [-0.25, -0.2) is 13.2 Å². The maximum Gasteiger partial charge on any atom is 0.337 e. The average Bonchev–Trinajstić information content (AvgIpc) is 2.83. The van der Waals surface area contributed by atoms with Gasteiger partial charge in [0.2, 0.25) is 0 Å². The molecule has 0 aliphatic carbocycles. The third kappa shape index (κ3) is 3.28. The third-order valence-electron chi connectivity index (χ3n) is 3.40. The van der Waals surface area contributed by atoms with E-state index in [-0.39, 0.29) is 25.4 Å². The van der Waals surface area contributed by atoms with Crippen molar-refractivity contribution in [1.82, 2.24) is 0 Å². The molecular formula is C16H10Cl2O4S2. The van der Waals surface area contributed by atoms with Crippen molar-refractivity contribution in [2.24, 2.45) is 0 Å². The highest BCUT2D eigenvalue weighted by molar-refractivity contribution is 7.90. The molecule has 1 N–H and O–H groups in total. The van der Waals surface area contributed by atoms with Crippen molar-refractivity contribution >= 4 is 60.4 Å². The average molecular weight is 401 g/mol. The molecular weight excluding hydrogens is 391 g/mol. The van der Waals surface area contributed by atoms with Gasteiger partial charge in [0.15, 0.2) is 9.84 Å². The maximum atomic E-state index is 12.7. The molecule has 0 aliphatic heterocycles. The van der Waals surface area contributed by atoms with Crippen LogP contribution in [0.1, 0.15) is 15.2 Å². The fourth-order valence-electron chi connectivity index (χ4n) is 2.40. The van der Waals surface area contributed by atoms with Gasteiger partial charge in [0, 0.05) is 25.0 Å². The highest BCUT2D eigenvalue weighted by atomic mass is 35.5. The molecule has 0 fully saturated rings. The Morgan fingerprint density at radius 2 is 1.71 bits per heavy atom. The van der Waals surface area contributed by atoms with E-state index in [1.54, 1.807) is 24.3 Å². The number of carboxylic acid groups (broad SMARTS) is 1. The Hall–Kier alpha value is -1.60. The first-order chi connectivity index (χ1) is 11.3. The van der Waals surface area contributed by atoms with Gasteiger partial charge in [-0.1, -0.05) is 41.4 Å². The fraction of sp³-hybridized carbons (Fsp3) is 0.0625. The third-order valence-corrected chi connectivity index (χ3v) is 6.81. The van der Waals surface area contributed by atoms with Gasteiger partial charge in [-0.05, 0) is 24.3 Å². The van der Waals surface area contributed by atoms with Crippen molar-refractivity contribution in [3.8, 4) is 0 Å². The Kier molecular flexibility index (Phi) is 4.57. The van der Waals surface area contributed by atoms with Crippen LogP contribution in [0.4, 0.5) is 0 Å². The molecule has 0 amide bonds. The van der Waals surface area contributed by atoms with Crippen LogP contribution in [-0.2, 0) is 15.6 Å². The van der Waals surface area contributed by atoms with Gasteiger partial charge in [-0.15, -0.1) is 11.3 Å². The molecule has 0 saturated carbocycles. The van der Waals surface area contributed by atoms with Crippen LogP contribution in [0.25, 0.3) is 10.1 Å². The molecule has 0 bridgehead atoms. The molecule has 1 aromatic heterocycles. The lowest BCUT2D eigenvalue weighted by Crippen LogP contribution is -2.07. The maximum absolute atomic E-state index is 12.7. The molecule has 0 saturated heterocycles. The van der Waals surface area contributed by atoms with Gasteiger partial charge in [0.05, 0.1) is 16.2 Å². The minimum Gasteiger partial charge on any atom is -0.478 e. The van der Waals surface area contributed by atoms with Crippen molar-refractivity contribution in [3.63, 3.8) is 0 Å². The van der Waals surface area contributed by atoms with Gasteiger partial charge in [-0.2, -0.15) is 0 Å². The number of halogens is 2. The van der Waals surface area contributed by atoms with Gasteiger partial charge >= 0.3 is 5.97 Å². The van der Waals surface area contributed by atoms with Crippen molar-refractivity contribution < 1.29 is 18.3 Å². The van der Waals surface area contributed by atoms with Crippen molar-refractivity contribution in [2.75, 3.05) is 0 Å². The number of aromatic carboxylic acids is 1. The smallest absolute Gasteiger partial charge is 0.337 e. The molecule has 0 spiro atoms. The van der Waals surface area contributed by atoms with E-state index in [9.17, 15) is 18.3 Å². The number of fused-ring (bicyclic) bond motifs is 1. The Morgan fingerprint density at radius 3 is 2.33 bits per heavy atom. The summed E-state index contributed by atoms with van der Waals surface area (Å²) < 4.78 is 26.0. The largest absolute Gasteiger partial charge is 0.478 e.